The Morgan fingerprint density at radius 3 is 0.404 bits per heavy atom. The number of carboxylic acids is 7. The Kier molecular flexibility index (Phi) is 107. The van der Waals surface area contributed by atoms with Crippen LogP contribution in [0.1, 0.15) is 145 Å². The number of carboxylic acid groups (broad SMARTS) is 7. The van der Waals surface area contributed by atoms with Crippen LogP contribution >= 0.6 is 0 Å². The molecule has 0 spiro atoms. The fourth-order valence-corrected chi connectivity index (χ4v) is 1.43. The Balaban J connectivity index is -0.0000000416. The molecule has 0 fully saturated rings. The number of rotatable bonds is 14. The predicted molar refractivity (Wildman–Crippen MR) is 152 cm³/mol. The van der Waals surface area contributed by atoms with Crippen LogP contribution in [-0.4, -0.2) is 53.5 Å². The van der Waals surface area contributed by atoms with Gasteiger partial charge < -0.3 is 74.4 Å². The van der Waals surface area contributed by atoms with Gasteiger partial charge in [0.15, 0.2) is 0 Å². The molecule has 0 aliphatic carbocycles. The molecule has 0 aromatic heterocycles. The quantitative estimate of drug-likeness (QED) is 0.180. The van der Waals surface area contributed by atoms with Crippen LogP contribution in [0, 0.1) is 0 Å². The molecule has 0 aliphatic rings. The Morgan fingerprint density at radius 2 is 0.404 bits per heavy atom. The van der Waals surface area contributed by atoms with Gasteiger partial charge in [0.25, 0.3) is 0 Å². The monoisotopic (exact) mass is 835 g/mol. The molecule has 0 saturated heterocycles. The maximum Gasteiger partial charge on any atom is 4.00 e. The second-order valence-corrected chi connectivity index (χ2v) is 8.17. The van der Waals surface area contributed by atoms with Gasteiger partial charge in [-0.2, -0.15) is 0 Å². The van der Waals surface area contributed by atoms with Crippen LogP contribution in [0.5, 0.6) is 0 Å². The molecule has 0 aromatic carbocycles. The van der Waals surface area contributed by atoms with Crippen molar-refractivity contribution < 1.29 is 127 Å². The minimum atomic E-state index is -0.961. The molecule has 0 unspecified atom stereocenters. The van der Waals surface area contributed by atoms with Crippen molar-refractivity contribution >= 4 is 41.8 Å². The summed E-state index contributed by atoms with van der Waals surface area (Å²) >= 11 is 0. The smallest absolute Gasteiger partial charge is 0.550 e. The van der Waals surface area contributed by atoms with Crippen LogP contribution in [0.15, 0.2) is 0 Å². The zero-order valence-corrected chi connectivity index (χ0v) is 34.2. The van der Waals surface area contributed by atoms with Gasteiger partial charge >= 0.3 is 52.4 Å². The number of hydrogen-bond donors (Lipinski definition) is 1. The van der Waals surface area contributed by atoms with Crippen molar-refractivity contribution in [1.82, 2.24) is 0 Å². The fraction of sp³-hybridized carbons (Fsp3) is 0.767. The molecular weight excluding hydrogens is 783 g/mol. The summed E-state index contributed by atoms with van der Waals surface area (Å²) in [4.78, 5) is 66.4. The van der Waals surface area contributed by atoms with E-state index in [1.165, 1.54) is 0 Å². The van der Waals surface area contributed by atoms with Crippen molar-refractivity contribution in [2.75, 3.05) is 6.61 Å². The van der Waals surface area contributed by atoms with Gasteiger partial charge in [0.2, 0.25) is 0 Å². The number of aliphatic hydroxyl groups is 1. The second-order valence-electron chi connectivity index (χ2n) is 8.17. The van der Waals surface area contributed by atoms with Crippen LogP contribution in [0.4, 0.5) is 0 Å². The number of hydrogen-bond acceptors (Lipinski definition) is 15. The van der Waals surface area contributed by atoms with Gasteiger partial charge in [-0.25, -0.2) is 0 Å². The third kappa shape index (κ3) is 215. The van der Waals surface area contributed by atoms with Crippen molar-refractivity contribution in [3.63, 3.8) is 0 Å². The maximum atomic E-state index is 9.49. The Labute approximate surface area is 318 Å². The van der Waals surface area contributed by atoms with Crippen LogP contribution in [0.3, 0.4) is 0 Å². The molecule has 273 valence electrons. The average molecular weight is 838 g/mol. The standard InChI is InChI=1S/7C4H8O2.C2H6O.2Zr/c7*1-2-3-4(5)6;1-2-3;;/h7*2-3H2,1H3,(H,5,6);3H,2H2,1H3;;/q;;;;;;;;+3;+4/p-7. The summed E-state index contributed by atoms with van der Waals surface area (Å²) in [7, 11) is 0. The number of aliphatic hydroxyl groups excluding tert-OH is 1. The van der Waals surface area contributed by atoms with Crippen LogP contribution in [0.25, 0.3) is 0 Å². The zero-order chi connectivity index (χ0) is 37.6. The van der Waals surface area contributed by atoms with Crippen molar-refractivity contribution in [3.8, 4) is 0 Å². The SMILES string of the molecule is CCCC(=O)[O-].CCCC(=O)[O-].CCCC(=O)[O-].CCCC(=O)[O-].CCCC(=O)[O-].CCCC(=O)[O-].CCCC(=O)[O-].CCO.[Zr+3].[Zr+4]. The molecule has 47 heavy (non-hydrogen) atoms. The molecule has 1 N–H and O–H groups in total. The van der Waals surface area contributed by atoms with E-state index in [1.807, 2.05) is 0 Å². The van der Waals surface area contributed by atoms with E-state index in [2.05, 4.69) is 0 Å². The van der Waals surface area contributed by atoms with Crippen molar-refractivity contribution in [2.24, 2.45) is 0 Å². The maximum absolute atomic E-state index is 9.49. The van der Waals surface area contributed by atoms with Gasteiger partial charge in [0.1, 0.15) is 0 Å². The van der Waals surface area contributed by atoms with Crippen LogP contribution < -0.4 is 35.7 Å². The summed E-state index contributed by atoms with van der Waals surface area (Å²) in [6.07, 6.45) is 5.95. The van der Waals surface area contributed by atoms with Crippen molar-refractivity contribution in [1.29, 1.82) is 0 Å². The summed E-state index contributed by atoms with van der Waals surface area (Å²) in [5, 5.41) is 74.0. The number of carbonyl (C=O) groups excluding carboxylic acids is 7. The van der Waals surface area contributed by atoms with E-state index >= 15 is 0 Å². The molecule has 0 bridgehead atoms. The topological polar surface area (TPSA) is 301 Å². The van der Waals surface area contributed by atoms with Crippen molar-refractivity contribution in [3.05, 3.63) is 0 Å². The Bertz CT molecular complexity index is 533. The molecule has 0 aromatic rings. The third-order valence-electron chi connectivity index (χ3n) is 3.18. The minimum Gasteiger partial charge on any atom is -0.550 e. The van der Waals surface area contributed by atoms with Gasteiger partial charge in [-0.05, 0) is 51.9 Å². The fourth-order valence-electron chi connectivity index (χ4n) is 1.43. The van der Waals surface area contributed by atoms with Gasteiger partial charge in [0, 0.05) is 48.4 Å². The molecule has 17 heteroatoms. The number of aliphatic carboxylic acids is 7. The molecule has 0 aliphatic heterocycles. The van der Waals surface area contributed by atoms with E-state index in [4.69, 9.17) is 5.11 Å². The minimum absolute atomic E-state index is 0. The predicted octanol–water partition coefficient (Wildman–Crippen LogP) is -3.25. The molecule has 0 atom stereocenters. The molecule has 0 rings (SSSR count). The van der Waals surface area contributed by atoms with Crippen LogP contribution in [-0.2, 0) is 86.0 Å². The molecule has 0 heterocycles. The first kappa shape index (κ1) is 71.1. The first-order valence-corrected chi connectivity index (χ1v) is 14.8. The molecule has 15 nitrogen and oxygen atoms in total. The Morgan fingerprint density at radius 1 is 0.340 bits per heavy atom. The third-order valence-corrected chi connectivity index (χ3v) is 3.18. The van der Waals surface area contributed by atoms with Gasteiger partial charge in [-0.1, -0.05) is 93.4 Å². The van der Waals surface area contributed by atoms with E-state index in [0.29, 0.717) is 44.9 Å². The summed E-state index contributed by atoms with van der Waals surface area (Å²) in [6, 6.07) is 0. The molecule has 0 saturated carbocycles. The zero-order valence-electron chi connectivity index (χ0n) is 29.3. The van der Waals surface area contributed by atoms with E-state index in [-0.39, 0.29) is 104 Å². The van der Waals surface area contributed by atoms with Gasteiger partial charge in [-0.3, -0.25) is 0 Å². The van der Waals surface area contributed by atoms with E-state index in [1.54, 1.807) is 55.4 Å². The van der Waals surface area contributed by atoms with Crippen molar-refractivity contribution in [2.45, 2.75) is 145 Å². The average Bonchev–Trinajstić information content (AvgIpc) is 2.86. The first-order chi connectivity index (χ1) is 20.8. The first-order valence-electron chi connectivity index (χ1n) is 14.8. The summed E-state index contributed by atoms with van der Waals surface area (Å²) < 4.78 is 0. The number of carbonyl (C=O) groups is 7. The van der Waals surface area contributed by atoms with E-state index in [0.717, 1.165) is 0 Å². The normalized spacial score (nSPS) is 7.68. The van der Waals surface area contributed by atoms with Crippen LogP contribution in [0.2, 0.25) is 0 Å². The van der Waals surface area contributed by atoms with Gasteiger partial charge in [0.05, 0.1) is 0 Å². The summed E-state index contributed by atoms with van der Waals surface area (Å²) in [6.45, 7) is 14.5. The van der Waals surface area contributed by atoms with Gasteiger partial charge in [-0.15, -0.1) is 0 Å². The molecular formula is C30H55O15Zr2. The summed E-state index contributed by atoms with van der Waals surface area (Å²) in [5.74, 6) is -6.72. The molecule has 0 amide bonds. The largest absolute Gasteiger partial charge is 4.00 e. The summed E-state index contributed by atoms with van der Waals surface area (Å²) in [5.41, 5.74) is 0. The van der Waals surface area contributed by atoms with E-state index in [9.17, 15) is 69.3 Å². The van der Waals surface area contributed by atoms with E-state index < -0.39 is 41.8 Å². The second kappa shape index (κ2) is 70.4. The molecule has 1 radical (unpaired) electrons. The Hall–Kier alpha value is -1.98.